The maximum Gasteiger partial charge on any atom is 0.410 e. The Morgan fingerprint density at radius 1 is 0.917 bits per heavy atom. The van der Waals surface area contributed by atoms with Crippen LogP contribution in [0, 0.1) is 6.92 Å². The highest BCUT2D eigenvalue weighted by Crippen LogP contribution is 2.44. The predicted octanol–water partition coefficient (Wildman–Crippen LogP) is 8.68. The van der Waals surface area contributed by atoms with E-state index in [4.69, 9.17) is 14.5 Å². The fourth-order valence-electron chi connectivity index (χ4n) is 8.29. The van der Waals surface area contributed by atoms with Crippen LogP contribution in [0.15, 0.2) is 59.5 Å². The number of benzene rings is 2. The molecule has 0 bridgehead atoms. The van der Waals surface area contributed by atoms with Gasteiger partial charge in [0, 0.05) is 104 Å². The van der Waals surface area contributed by atoms with Crippen molar-refractivity contribution in [3.05, 3.63) is 65.2 Å². The zero-order valence-corrected chi connectivity index (χ0v) is 38.1. The first-order valence-electron chi connectivity index (χ1n) is 20.9. The number of carbonyl (C=O) groups is 1. The summed E-state index contributed by atoms with van der Waals surface area (Å²) in [5, 5.41) is 13.1. The molecule has 0 spiro atoms. The van der Waals surface area contributed by atoms with Crippen LogP contribution in [0.2, 0.25) is 0 Å². The molecule has 2 aromatic carbocycles. The van der Waals surface area contributed by atoms with Crippen LogP contribution in [-0.2, 0) is 16.3 Å². The van der Waals surface area contributed by atoms with Crippen molar-refractivity contribution in [2.75, 3.05) is 68.1 Å². The fourth-order valence-corrected chi connectivity index (χ4v) is 10.1. The first kappa shape index (κ1) is 42.0. The molecule has 1 aliphatic carbocycles. The number of pyridine rings is 1. The summed E-state index contributed by atoms with van der Waals surface area (Å²) < 4.78 is 28.6. The lowest BCUT2D eigenvalue weighted by atomic mass is 9.95. The van der Waals surface area contributed by atoms with Gasteiger partial charge in [-0.25, -0.2) is 9.78 Å². The van der Waals surface area contributed by atoms with Gasteiger partial charge in [0.1, 0.15) is 24.3 Å². The number of piperazine rings is 1. The highest BCUT2D eigenvalue weighted by Gasteiger charge is 2.32. The number of aromatic nitrogens is 5. The van der Waals surface area contributed by atoms with E-state index in [0.29, 0.717) is 41.1 Å². The van der Waals surface area contributed by atoms with Gasteiger partial charge in [0.15, 0.2) is 0 Å². The number of carbonyl (C=O) groups excluding carboxylic acids is 1. The van der Waals surface area contributed by atoms with E-state index in [1.54, 1.807) is 19.5 Å². The fraction of sp³-hybridized carbons (Fsp3) is 0.477. The Morgan fingerprint density at radius 2 is 1.67 bits per heavy atom. The van der Waals surface area contributed by atoms with Gasteiger partial charge in [-0.2, -0.15) is 10.1 Å². The average molecular weight is 900 g/mol. The molecule has 5 heterocycles. The number of halogens is 1. The Balaban J connectivity index is 1.06. The van der Waals surface area contributed by atoms with Gasteiger partial charge in [0.25, 0.3) is 0 Å². The lowest BCUT2D eigenvalue weighted by molar-refractivity contribution is 0.00901. The predicted molar refractivity (Wildman–Crippen MR) is 243 cm³/mol. The van der Waals surface area contributed by atoms with E-state index in [2.05, 4.69) is 63.6 Å². The number of rotatable bonds is 10. The number of hydrogen-bond donors (Lipinski definition) is 2. The van der Waals surface area contributed by atoms with Gasteiger partial charge in [0.2, 0.25) is 5.95 Å². The number of anilines is 5. The molecule has 2 aliphatic heterocycles. The molecule has 0 atom stereocenters. The summed E-state index contributed by atoms with van der Waals surface area (Å²) in [6.45, 7) is 16.1. The molecule has 3 aromatic heterocycles. The van der Waals surface area contributed by atoms with E-state index in [1.807, 2.05) is 81.0 Å². The SMILES string of the molecule is Cc1ccc2c(P(C)(C)=O)c(Nc3nc(Nc4cc(-c5cnn(C)c5)c(N5CCC(N6CCN(C(=O)OC(C)(C)C)CC6)CC5)cc4OC4CCC4)ncc3Br)ccc2n1. The lowest BCUT2D eigenvalue weighted by Crippen LogP contribution is -2.55. The van der Waals surface area contributed by atoms with Gasteiger partial charge in [-0.1, -0.05) is 6.07 Å². The number of amides is 1. The molecular weight excluding hydrogens is 843 g/mol. The van der Waals surface area contributed by atoms with Crippen molar-refractivity contribution in [3.63, 3.8) is 0 Å². The Kier molecular flexibility index (Phi) is 11.9. The molecule has 1 saturated carbocycles. The van der Waals surface area contributed by atoms with Crippen molar-refractivity contribution < 1.29 is 18.8 Å². The minimum absolute atomic E-state index is 0.138. The number of nitrogens with zero attached hydrogens (tertiary/aromatic N) is 8. The third-order valence-electron chi connectivity index (χ3n) is 11.5. The van der Waals surface area contributed by atoms with Crippen molar-refractivity contribution in [3.8, 4) is 16.9 Å². The molecule has 60 heavy (non-hydrogen) atoms. The van der Waals surface area contributed by atoms with Gasteiger partial charge < -0.3 is 34.5 Å². The molecule has 0 unspecified atom stereocenters. The van der Waals surface area contributed by atoms with Gasteiger partial charge in [-0.15, -0.1) is 0 Å². The van der Waals surface area contributed by atoms with Gasteiger partial charge >= 0.3 is 6.09 Å². The zero-order chi connectivity index (χ0) is 42.3. The Hall–Kier alpha value is -4.72. The van der Waals surface area contributed by atoms with Crippen LogP contribution < -0.4 is 25.6 Å². The van der Waals surface area contributed by atoms with Crippen LogP contribution in [0.5, 0.6) is 5.75 Å². The van der Waals surface area contributed by atoms with Gasteiger partial charge in [-0.05, 0) is 113 Å². The Bertz CT molecular complexity index is 2430. The smallest absolute Gasteiger partial charge is 0.410 e. The summed E-state index contributed by atoms with van der Waals surface area (Å²) in [6.07, 6.45) is 10.8. The van der Waals surface area contributed by atoms with E-state index in [-0.39, 0.29) is 12.2 Å². The lowest BCUT2D eigenvalue weighted by Gasteiger charge is -2.43. The standard InChI is InChI=1S/C44H56BrN10O4P/c1-28-11-12-32-35(48-28)13-14-36(40(32)60(6,7)57)49-41-34(45)26-46-42(51-41)50-37-23-33(29-25-47-52(5)27-29)38(24-39(37)58-31-9-8-10-31)54-17-15-30(16-18-54)53-19-21-55(22-20-53)43(56)59-44(2,3)4/h11-14,23-27,30-31H,8-10,15-22H2,1-7H3,(H2,46,49,50,51). The van der Waals surface area contributed by atoms with Crippen LogP contribution in [0.25, 0.3) is 22.0 Å². The molecule has 3 fully saturated rings. The third-order valence-corrected chi connectivity index (χ3v) is 13.7. The number of ether oxygens (including phenoxy) is 2. The van der Waals surface area contributed by atoms with Crippen LogP contribution in [0.1, 0.15) is 58.6 Å². The first-order valence-corrected chi connectivity index (χ1v) is 24.3. The largest absolute Gasteiger partial charge is 0.488 e. The maximum atomic E-state index is 13.8. The zero-order valence-electron chi connectivity index (χ0n) is 35.7. The molecule has 8 rings (SSSR count). The van der Waals surface area contributed by atoms with Crippen molar-refractivity contribution in [2.24, 2.45) is 7.05 Å². The van der Waals surface area contributed by atoms with Crippen LogP contribution in [-0.4, -0.2) is 111 Å². The summed E-state index contributed by atoms with van der Waals surface area (Å²) >= 11 is 3.66. The molecule has 5 aromatic rings. The highest BCUT2D eigenvalue weighted by atomic mass is 79.9. The second-order valence-electron chi connectivity index (χ2n) is 17.6. The van der Waals surface area contributed by atoms with Crippen LogP contribution in [0.4, 0.5) is 33.6 Å². The highest BCUT2D eigenvalue weighted by molar-refractivity contribution is 9.10. The van der Waals surface area contributed by atoms with Crippen molar-refractivity contribution in [1.82, 2.24) is 34.5 Å². The normalized spacial score (nSPS) is 17.1. The van der Waals surface area contributed by atoms with E-state index in [9.17, 15) is 9.36 Å². The minimum Gasteiger partial charge on any atom is -0.488 e. The van der Waals surface area contributed by atoms with Crippen molar-refractivity contribution in [2.45, 2.75) is 77.5 Å². The molecule has 1 amide bonds. The molecule has 0 radical (unpaired) electrons. The molecule has 2 N–H and O–H groups in total. The summed E-state index contributed by atoms with van der Waals surface area (Å²) in [6, 6.07) is 12.6. The quantitative estimate of drug-likeness (QED) is 0.130. The summed E-state index contributed by atoms with van der Waals surface area (Å²) in [4.78, 5) is 33.9. The van der Waals surface area contributed by atoms with Crippen LogP contribution >= 0.6 is 23.1 Å². The summed E-state index contributed by atoms with van der Waals surface area (Å²) in [5.74, 6) is 1.66. The number of nitrogens with one attached hydrogen (secondary N) is 2. The topological polar surface area (TPSA) is 143 Å². The third kappa shape index (κ3) is 9.43. The molecule has 16 heteroatoms. The molecule has 318 valence electrons. The Labute approximate surface area is 360 Å². The summed E-state index contributed by atoms with van der Waals surface area (Å²) in [5.41, 5.74) is 5.81. The van der Waals surface area contributed by atoms with E-state index in [0.717, 1.165) is 108 Å². The van der Waals surface area contributed by atoms with Crippen LogP contribution in [0.3, 0.4) is 0 Å². The molecule has 14 nitrogen and oxygen atoms in total. The van der Waals surface area contributed by atoms with Crippen molar-refractivity contribution >= 4 is 74.2 Å². The van der Waals surface area contributed by atoms with E-state index < -0.39 is 12.7 Å². The van der Waals surface area contributed by atoms with Crippen molar-refractivity contribution in [1.29, 1.82) is 0 Å². The number of piperidine rings is 1. The second kappa shape index (κ2) is 17.0. The first-order chi connectivity index (χ1) is 28.6. The van der Waals surface area contributed by atoms with Gasteiger partial charge in [0.05, 0.1) is 33.7 Å². The molecular formula is C44H56BrN10O4P. The molecule has 3 aliphatic rings. The maximum absolute atomic E-state index is 13.8. The monoisotopic (exact) mass is 898 g/mol. The van der Waals surface area contributed by atoms with Gasteiger partial charge in [-0.3, -0.25) is 14.6 Å². The number of aryl methyl sites for hydroxylation is 2. The second-order valence-corrected chi connectivity index (χ2v) is 21.6. The van der Waals surface area contributed by atoms with E-state index >= 15 is 0 Å². The van der Waals surface area contributed by atoms with E-state index in [1.165, 1.54) is 0 Å². The number of fused-ring (bicyclic) bond motifs is 1. The number of hydrogen-bond acceptors (Lipinski definition) is 12. The average Bonchev–Trinajstić information content (AvgIpc) is 3.62. The molecule has 2 saturated heterocycles. The minimum atomic E-state index is -2.75. The summed E-state index contributed by atoms with van der Waals surface area (Å²) in [7, 11) is -0.815. The Morgan fingerprint density at radius 3 is 2.32 bits per heavy atom.